The molecule has 2 fully saturated rings. The van der Waals surface area contributed by atoms with Crippen molar-refractivity contribution in [1.82, 2.24) is 5.32 Å². The molecule has 0 bridgehead atoms. The average Bonchev–Trinajstić information content (AvgIpc) is 2.23. The highest BCUT2D eigenvalue weighted by Crippen LogP contribution is 2.31. The fourth-order valence-corrected chi connectivity index (χ4v) is 1.90. The molecule has 0 spiro atoms. The van der Waals surface area contributed by atoms with E-state index in [2.05, 4.69) is 5.32 Å². The van der Waals surface area contributed by atoms with Crippen LogP contribution in [0.4, 0.5) is 0 Å². The van der Waals surface area contributed by atoms with Crippen LogP contribution in [0.2, 0.25) is 0 Å². The number of nitrogens with one attached hydrogen (secondary N) is 1. The van der Waals surface area contributed by atoms with Crippen LogP contribution in [0.15, 0.2) is 0 Å². The zero-order valence-corrected chi connectivity index (χ0v) is 8.00. The Morgan fingerprint density at radius 3 is 2.85 bits per heavy atom. The van der Waals surface area contributed by atoms with Crippen molar-refractivity contribution in [2.75, 3.05) is 6.54 Å². The van der Waals surface area contributed by atoms with Crippen molar-refractivity contribution in [3.8, 4) is 0 Å². The fourth-order valence-electron chi connectivity index (χ4n) is 1.90. The first-order valence-corrected chi connectivity index (χ1v) is 4.69. The molecule has 0 radical (unpaired) electrons. The first kappa shape index (κ1) is 8.97. The Labute approximate surface area is 77.6 Å². The van der Waals surface area contributed by atoms with Gasteiger partial charge in [0.1, 0.15) is 6.10 Å². The third-order valence-electron chi connectivity index (χ3n) is 2.44. The van der Waals surface area contributed by atoms with Crippen LogP contribution >= 0.6 is 0 Å². The monoisotopic (exact) mass is 185 g/mol. The zero-order chi connectivity index (χ0) is 9.47. The summed E-state index contributed by atoms with van der Waals surface area (Å²) in [7, 11) is 0. The van der Waals surface area contributed by atoms with Crippen LogP contribution in [0, 0.1) is 0 Å². The topological polar surface area (TPSA) is 47.6 Å². The Morgan fingerprint density at radius 1 is 1.38 bits per heavy atom. The molecule has 1 N–H and O–H groups in total. The highest BCUT2D eigenvalue weighted by Gasteiger charge is 2.42. The van der Waals surface area contributed by atoms with Crippen LogP contribution in [-0.4, -0.2) is 30.4 Å². The third kappa shape index (κ3) is 1.84. The number of carbonyl (C=O) groups excluding carboxylic acids is 1. The lowest BCUT2D eigenvalue weighted by atomic mass is 10.1. The SMILES string of the molecule is CC1(C)O[C@H]2CCC(=O)NC[C@H]2O1. The summed E-state index contributed by atoms with van der Waals surface area (Å²) in [6.45, 7) is 4.39. The lowest BCUT2D eigenvalue weighted by molar-refractivity contribution is -0.149. The molecule has 0 saturated carbocycles. The molecule has 4 heteroatoms. The molecule has 0 aromatic heterocycles. The lowest BCUT2D eigenvalue weighted by Gasteiger charge is -2.17. The number of fused-ring (bicyclic) bond motifs is 1. The number of rotatable bonds is 0. The lowest BCUT2D eigenvalue weighted by Crippen LogP contribution is -2.33. The van der Waals surface area contributed by atoms with Gasteiger partial charge in [0.2, 0.25) is 5.91 Å². The summed E-state index contributed by atoms with van der Waals surface area (Å²) in [5.74, 6) is -0.392. The van der Waals surface area contributed by atoms with Gasteiger partial charge in [0.25, 0.3) is 0 Å². The molecular formula is C9H15NO3. The van der Waals surface area contributed by atoms with E-state index in [1.54, 1.807) is 0 Å². The van der Waals surface area contributed by atoms with Crippen LogP contribution in [-0.2, 0) is 14.3 Å². The van der Waals surface area contributed by atoms with Gasteiger partial charge >= 0.3 is 0 Å². The minimum atomic E-state index is -0.489. The normalized spacial score (nSPS) is 37.8. The van der Waals surface area contributed by atoms with Crippen LogP contribution in [0.3, 0.4) is 0 Å². The molecule has 2 aliphatic rings. The summed E-state index contributed by atoms with van der Waals surface area (Å²) in [4.78, 5) is 11.1. The van der Waals surface area contributed by atoms with Gasteiger partial charge < -0.3 is 14.8 Å². The molecule has 2 atom stereocenters. The van der Waals surface area contributed by atoms with Gasteiger partial charge in [0, 0.05) is 13.0 Å². The van der Waals surface area contributed by atoms with Crippen LogP contribution in [0.25, 0.3) is 0 Å². The highest BCUT2D eigenvalue weighted by molar-refractivity contribution is 5.76. The molecular weight excluding hydrogens is 170 g/mol. The van der Waals surface area contributed by atoms with Gasteiger partial charge in [0.15, 0.2) is 5.79 Å². The number of hydrogen-bond donors (Lipinski definition) is 1. The van der Waals surface area contributed by atoms with E-state index in [0.29, 0.717) is 13.0 Å². The van der Waals surface area contributed by atoms with E-state index in [4.69, 9.17) is 9.47 Å². The predicted molar refractivity (Wildman–Crippen MR) is 46.1 cm³/mol. The molecule has 0 unspecified atom stereocenters. The number of amides is 1. The molecule has 74 valence electrons. The maximum absolute atomic E-state index is 11.1. The second-order valence-electron chi connectivity index (χ2n) is 4.06. The number of ether oxygens (including phenoxy) is 2. The smallest absolute Gasteiger partial charge is 0.220 e. The third-order valence-corrected chi connectivity index (χ3v) is 2.44. The Kier molecular flexibility index (Phi) is 2.04. The maximum Gasteiger partial charge on any atom is 0.220 e. The van der Waals surface area contributed by atoms with Gasteiger partial charge in [-0.25, -0.2) is 0 Å². The average molecular weight is 185 g/mol. The largest absolute Gasteiger partial charge is 0.353 e. The molecule has 0 aliphatic carbocycles. The van der Waals surface area contributed by atoms with Gasteiger partial charge in [-0.2, -0.15) is 0 Å². The summed E-state index contributed by atoms with van der Waals surface area (Å²) in [6, 6.07) is 0. The van der Waals surface area contributed by atoms with Crippen molar-refractivity contribution in [3.63, 3.8) is 0 Å². The van der Waals surface area contributed by atoms with E-state index in [1.807, 2.05) is 13.8 Å². The van der Waals surface area contributed by atoms with E-state index < -0.39 is 5.79 Å². The van der Waals surface area contributed by atoms with Gasteiger partial charge in [-0.15, -0.1) is 0 Å². The van der Waals surface area contributed by atoms with Crippen LogP contribution in [0.1, 0.15) is 26.7 Å². The first-order chi connectivity index (χ1) is 6.07. The van der Waals surface area contributed by atoms with E-state index >= 15 is 0 Å². The van der Waals surface area contributed by atoms with Gasteiger partial charge in [-0.05, 0) is 20.3 Å². The second kappa shape index (κ2) is 2.96. The van der Waals surface area contributed by atoms with Gasteiger partial charge in [0.05, 0.1) is 6.10 Å². The molecule has 0 aromatic rings. The quantitative estimate of drug-likeness (QED) is 0.595. The molecule has 2 rings (SSSR count). The van der Waals surface area contributed by atoms with Crippen molar-refractivity contribution in [2.24, 2.45) is 0 Å². The summed E-state index contributed by atoms with van der Waals surface area (Å²) in [5, 5.41) is 2.81. The first-order valence-electron chi connectivity index (χ1n) is 4.69. The summed E-state index contributed by atoms with van der Waals surface area (Å²) >= 11 is 0. The standard InChI is InChI=1S/C9H15NO3/c1-9(2)12-6-3-4-8(11)10-5-7(6)13-9/h6-7H,3-5H2,1-2H3,(H,10,11)/t6-,7+/m0/s1. The molecule has 2 heterocycles. The zero-order valence-electron chi connectivity index (χ0n) is 8.00. The molecule has 4 nitrogen and oxygen atoms in total. The second-order valence-corrected chi connectivity index (χ2v) is 4.06. The van der Waals surface area contributed by atoms with Gasteiger partial charge in [-0.3, -0.25) is 4.79 Å². The molecule has 13 heavy (non-hydrogen) atoms. The van der Waals surface area contributed by atoms with Crippen LogP contribution < -0.4 is 5.32 Å². The van der Waals surface area contributed by atoms with Crippen LogP contribution in [0.5, 0.6) is 0 Å². The van der Waals surface area contributed by atoms with E-state index in [9.17, 15) is 4.79 Å². The Bertz CT molecular complexity index is 207. The van der Waals surface area contributed by atoms with Crippen molar-refractivity contribution >= 4 is 5.91 Å². The van der Waals surface area contributed by atoms with E-state index in [1.165, 1.54) is 0 Å². The van der Waals surface area contributed by atoms with Crippen molar-refractivity contribution < 1.29 is 14.3 Å². The molecule has 0 aromatic carbocycles. The summed E-state index contributed by atoms with van der Waals surface area (Å²) < 4.78 is 11.3. The minimum Gasteiger partial charge on any atom is -0.353 e. The predicted octanol–water partition coefficient (Wildman–Crippen LogP) is 0.416. The van der Waals surface area contributed by atoms with Crippen molar-refractivity contribution in [2.45, 2.75) is 44.7 Å². The maximum atomic E-state index is 11.1. The van der Waals surface area contributed by atoms with Gasteiger partial charge in [-0.1, -0.05) is 0 Å². The molecule has 2 aliphatic heterocycles. The Morgan fingerprint density at radius 2 is 2.08 bits per heavy atom. The minimum absolute atomic E-state index is 0.0291. The highest BCUT2D eigenvalue weighted by atomic mass is 16.8. The molecule has 2 saturated heterocycles. The summed E-state index contributed by atoms with van der Waals surface area (Å²) in [5.41, 5.74) is 0. The van der Waals surface area contributed by atoms with Crippen molar-refractivity contribution in [3.05, 3.63) is 0 Å². The number of hydrogen-bond acceptors (Lipinski definition) is 3. The Hall–Kier alpha value is -0.610. The fraction of sp³-hybridized carbons (Fsp3) is 0.889. The molecule has 1 amide bonds. The summed E-state index contributed by atoms with van der Waals surface area (Å²) in [6.07, 6.45) is 1.41. The number of carbonyl (C=O) groups is 1. The van der Waals surface area contributed by atoms with E-state index in [0.717, 1.165) is 6.42 Å². The van der Waals surface area contributed by atoms with E-state index in [-0.39, 0.29) is 18.1 Å². The Balaban J connectivity index is 2.04. The van der Waals surface area contributed by atoms with Crippen molar-refractivity contribution in [1.29, 1.82) is 0 Å².